The molecule has 0 heterocycles. The van der Waals surface area contributed by atoms with Crippen molar-refractivity contribution in [1.29, 1.82) is 0 Å². The molecule has 0 aromatic rings. The molecule has 0 aliphatic carbocycles. The molecule has 17 nitrogen and oxygen atoms in total. The smallest absolute Gasteiger partial charge is 0.462 e. The van der Waals surface area contributed by atoms with Gasteiger partial charge in [-0.2, -0.15) is 0 Å². The van der Waals surface area contributed by atoms with Gasteiger partial charge in [0.25, 0.3) is 0 Å². The highest BCUT2D eigenvalue weighted by atomic mass is 31.2. The van der Waals surface area contributed by atoms with Crippen LogP contribution in [0.5, 0.6) is 0 Å². The number of phosphoric acid groups is 2. The largest absolute Gasteiger partial charge is 0.472 e. The van der Waals surface area contributed by atoms with Crippen molar-refractivity contribution in [1.82, 2.24) is 0 Å². The van der Waals surface area contributed by atoms with Crippen LogP contribution in [0.25, 0.3) is 0 Å². The van der Waals surface area contributed by atoms with E-state index >= 15 is 0 Å². The average molecular weight is 1580 g/mol. The summed E-state index contributed by atoms with van der Waals surface area (Å²) in [6.45, 7) is 12.1. The molecule has 0 amide bonds. The standard InChI is InChI=1S/C89H174O17P2/c1-8-11-12-13-14-15-16-17-18-19-20-21-22-26-29-32-35-41-49-56-63-70-86(91)99-76-84(105-88(93)72-65-58-51-42-36-33-30-27-24-23-25-28-31-34-39-46-53-60-67-80(4)5)78-103-107(95,96)101-74-83(90)75-102-108(97,98)104-79-85(77-100-87(92)71-64-57-50-45-44-48-55-62-69-82(7)10-3)106-89(94)73-66-59-52-43-38-37-40-47-54-61-68-81(6)9-2/h80-85,90H,8-79H2,1-7H3,(H,95,96)(H,97,98)/t81?,82?,83-,84-,85-/m1/s1. The molecule has 0 aliphatic rings. The Labute approximate surface area is 664 Å². The topological polar surface area (TPSA) is 237 Å². The second-order valence-corrected chi connectivity index (χ2v) is 35.9. The first-order valence-electron chi connectivity index (χ1n) is 45.9. The van der Waals surface area contributed by atoms with E-state index in [0.29, 0.717) is 25.7 Å². The molecule has 0 saturated heterocycles. The van der Waals surface area contributed by atoms with Crippen LogP contribution in [0.3, 0.4) is 0 Å². The zero-order valence-corrected chi connectivity index (χ0v) is 73.1. The molecule has 0 aliphatic heterocycles. The van der Waals surface area contributed by atoms with Crippen LogP contribution < -0.4 is 0 Å². The van der Waals surface area contributed by atoms with Gasteiger partial charge in [-0.25, -0.2) is 9.13 Å². The minimum atomic E-state index is -4.97. The Morgan fingerprint density at radius 3 is 0.704 bits per heavy atom. The number of aliphatic hydroxyl groups is 1. The average Bonchev–Trinajstić information content (AvgIpc) is 0.902. The van der Waals surface area contributed by atoms with Crippen molar-refractivity contribution in [3.63, 3.8) is 0 Å². The lowest BCUT2D eigenvalue weighted by molar-refractivity contribution is -0.161. The summed E-state index contributed by atoms with van der Waals surface area (Å²) in [4.78, 5) is 73.3. The van der Waals surface area contributed by atoms with Gasteiger partial charge in [0.05, 0.1) is 26.4 Å². The van der Waals surface area contributed by atoms with Crippen LogP contribution in [-0.2, 0) is 65.4 Å². The predicted octanol–water partition coefficient (Wildman–Crippen LogP) is 27.3. The van der Waals surface area contributed by atoms with Crippen LogP contribution in [0.15, 0.2) is 0 Å². The van der Waals surface area contributed by atoms with Gasteiger partial charge < -0.3 is 33.8 Å². The third-order valence-corrected chi connectivity index (χ3v) is 23.5. The fraction of sp³-hybridized carbons (Fsp3) is 0.955. The lowest BCUT2D eigenvalue weighted by Crippen LogP contribution is -2.30. The summed E-state index contributed by atoms with van der Waals surface area (Å²) in [6, 6.07) is 0. The van der Waals surface area contributed by atoms with Crippen molar-refractivity contribution >= 4 is 39.5 Å². The maximum absolute atomic E-state index is 13.2. The molecule has 7 atom stereocenters. The number of phosphoric ester groups is 2. The first-order valence-corrected chi connectivity index (χ1v) is 48.9. The van der Waals surface area contributed by atoms with Crippen molar-refractivity contribution in [3.05, 3.63) is 0 Å². The summed E-state index contributed by atoms with van der Waals surface area (Å²) in [5, 5.41) is 10.7. The van der Waals surface area contributed by atoms with E-state index in [1.165, 1.54) is 283 Å². The summed E-state index contributed by atoms with van der Waals surface area (Å²) < 4.78 is 69.0. The number of carbonyl (C=O) groups excluding carboxylic acids is 4. The van der Waals surface area contributed by atoms with Crippen molar-refractivity contribution < 1.29 is 80.2 Å². The van der Waals surface area contributed by atoms with E-state index in [1.54, 1.807) is 0 Å². The fourth-order valence-electron chi connectivity index (χ4n) is 13.8. The zero-order chi connectivity index (χ0) is 79.3. The summed E-state index contributed by atoms with van der Waals surface area (Å²) in [7, 11) is -9.93. The SMILES string of the molecule is CCCCCCCCCCCCCCCCCCCCCCCC(=O)OC[C@H](COP(=O)(O)OC[C@@H](O)COP(=O)(O)OC[C@@H](COC(=O)CCCCCCCCCCC(C)CC)OC(=O)CCCCCCCCCCCCC(C)CC)OC(=O)CCCCCCCCCCCCCCCCCCCCC(C)C. The Kier molecular flexibility index (Phi) is 77.5. The Hall–Kier alpha value is -1.94. The first-order chi connectivity index (χ1) is 52.3. The van der Waals surface area contributed by atoms with Crippen LogP contribution in [0.2, 0.25) is 0 Å². The predicted molar refractivity (Wildman–Crippen MR) is 446 cm³/mol. The van der Waals surface area contributed by atoms with Gasteiger partial charge >= 0.3 is 39.5 Å². The molecular weight excluding hydrogens is 1400 g/mol. The van der Waals surface area contributed by atoms with Crippen LogP contribution in [0.4, 0.5) is 0 Å². The van der Waals surface area contributed by atoms with Crippen molar-refractivity contribution in [2.75, 3.05) is 39.6 Å². The van der Waals surface area contributed by atoms with Crippen LogP contribution >= 0.6 is 15.6 Å². The monoisotopic (exact) mass is 1580 g/mol. The van der Waals surface area contributed by atoms with Gasteiger partial charge in [-0.3, -0.25) is 37.3 Å². The van der Waals surface area contributed by atoms with Gasteiger partial charge in [-0.15, -0.1) is 0 Å². The van der Waals surface area contributed by atoms with Crippen LogP contribution in [0, 0.1) is 17.8 Å². The molecule has 0 saturated carbocycles. The zero-order valence-electron chi connectivity index (χ0n) is 71.3. The second kappa shape index (κ2) is 78.9. The molecule has 4 unspecified atom stereocenters. The van der Waals surface area contributed by atoms with Gasteiger partial charge in [0.2, 0.25) is 0 Å². The molecule has 108 heavy (non-hydrogen) atoms. The third kappa shape index (κ3) is 79.3. The molecule has 0 aromatic carbocycles. The Bertz CT molecular complexity index is 2080. The highest BCUT2D eigenvalue weighted by molar-refractivity contribution is 7.47. The molecule has 0 bridgehead atoms. The summed E-state index contributed by atoms with van der Waals surface area (Å²) >= 11 is 0. The lowest BCUT2D eigenvalue weighted by atomic mass is 9.99. The summed E-state index contributed by atoms with van der Waals surface area (Å²) in [6.07, 6.45) is 70.8. The van der Waals surface area contributed by atoms with E-state index in [2.05, 4.69) is 48.5 Å². The minimum Gasteiger partial charge on any atom is -0.462 e. The molecule has 19 heteroatoms. The van der Waals surface area contributed by atoms with Gasteiger partial charge in [-0.05, 0) is 43.4 Å². The third-order valence-electron chi connectivity index (χ3n) is 21.6. The Morgan fingerprint density at radius 1 is 0.269 bits per heavy atom. The van der Waals surface area contributed by atoms with Gasteiger partial charge in [-0.1, -0.05) is 421 Å². The second-order valence-electron chi connectivity index (χ2n) is 32.9. The molecule has 0 rings (SSSR count). The summed E-state index contributed by atoms with van der Waals surface area (Å²) in [5.41, 5.74) is 0. The number of ether oxygens (including phenoxy) is 4. The van der Waals surface area contributed by atoms with Gasteiger partial charge in [0.15, 0.2) is 12.2 Å². The number of hydrogen-bond donors (Lipinski definition) is 3. The number of esters is 4. The number of rotatable bonds is 87. The molecule has 642 valence electrons. The highest BCUT2D eigenvalue weighted by Gasteiger charge is 2.31. The first kappa shape index (κ1) is 106. The van der Waals surface area contributed by atoms with Gasteiger partial charge in [0, 0.05) is 25.7 Å². The molecule has 3 N–H and O–H groups in total. The number of aliphatic hydroxyl groups excluding tert-OH is 1. The Morgan fingerprint density at radius 2 is 0.472 bits per heavy atom. The number of carbonyl (C=O) groups is 4. The maximum Gasteiger partial charge on any atom is 0.472 e. The quantitative estimate of drug-likeness (QED) is 0.0222. The van der Waals surface area contributed by atoms with Gasteiger partial charge in [0.1, 0.15) is 19.3 Å². The minimum absolute atomic E-state index is 0.106. The van der Waals surface area contributed by atoms with E-state index < -0.39 is 97.5 Å². The molecule has 0 fully saturated rings. The lowest BCUT2D eigenvalue weighted by Gasteiger charge is -2.21. The highest BCUT2D eigenvalue weighted by Crippen LogP contribution is 2.45. The summed E-state index contributed by atoms with van der Waals surface area (Å²) in [5.74, 6) is 0.298. The number of hydrogen-bond acceptors (Lipinski definition) is 15. The van der Waals surface area contributed by atoms with Crippen molar-refractivity contribution in [3.8, 4) is 0 Å². The van der Waals surface area contributed by atoms with Crippen molar-refractivity contribution in [2.45, 2.75) is 491 Å². The Balaban J connectivity index is 5.24. The van der Waals surface area contributed by atoms with E-state index in [1.807, 2.05) is 0 Å². The number of unbranched alkanes of at least 4 members (excludes halogenated alkanes) is 53. The normalized spacial score (nSPS) is 14.3. The van der Waals surface area contributed by atoms with E-state index in [0.717, 1.165) is 108 Å². The van der Waals surface area contributed by atoms with Crippen LogP contribution in [-0.4, -0.2) is 96.7 Å². The van der Waals surface area contributed by atoms with E-state index in [4.69, 9.17) is 37.0 Å². The maximum atomic E-state index is 13.2. The van der Waals surface area contributed by atoms with Crippen molar-refractivity contribution in [2.24, 2.45) is 17.8 Å². The molecule has 0 radical (unpaired) electrons. The molecule has 0 spiro atoms. The molecule has 0 aromatic heterocycles. The van der Waals surface area contributed by atoms with E-state index in [9.17, 15) is 43.2 Å². The molecular formula is C89H174O17P2. The van der Waals surface area contributed by atoms with Crippen LogP contribution in [0.1, 0.15) is 472 Å². The van der Waals surface area contributed by atoms with E-state index in [-0.39, 0.29) is 25.7 Å². The fourth-order valence-corrected chi connectivity index (χ4v) is 15.4.